The van der Waals surface area contributed by atoms with Crippen LogP contribution >= 0.6 is 23.4 Å². The molecule has 0 spiro atoms. The van der Waals surface area contributed by atoms with Gasteiger partial charge in [-0.05, 0) is 44.4 Å². The summed E-state index contributed by atoms with van der Waals surface area (Å²) in [7, 11) is 1.60. The molecule has 7 nitrogen and oxygen atoms in total. The molecule has 2 atom stereocenters. The van der Waals surface area contributed by atoms with Crippen molar-refractivity contribution in [2.45, 2.75) is 56.6 Å². The Labute approximate surface area is 185 Å². The van der Waals surface area contributed by atoms with Crippen molar-refractivity contribution >= 4 is 40.2 Å². The molecule has 30 heavy (non-hydrogen) atoms. The molecule has 0 saturated heterocycles. The molecule has 1 N–H and O–H groups in total. The number of carbonyl (C=O) groups excluding carboxylic acids is 1. The molecular formula is C21H27ClN4O3S. The zero-order valence-corrected chi connectivity index (χ0v) is 19.4. The summed E-state index contributed by atoms with van der Waals surface area (Å²) >= 11 is 7.25. The number of nitrogens with one attached hydrogen (secondary N) is 1. The van der Waals surface area contributed by atoms with Gasteiger partial charge in [0.1, 0.15) is 5.54 Å². The smallest absolute Gasteiger partial charge is 0.262 e. The summed E-state index contributed by atoms with van der Waals surface area (Å²) in [4.78, 5) is 30.4. The maximum absolute atomic E-state index is 13.1. The molecule has 1 amide bonds. The third kappa shape index (κ3) is 5.54. The van der Waals surface area contributed by atoms with Crippen LogP contribution in [0, 0.1) is 17.2 Å². The number of thioether (sulfide) groups is 1. The van der Waals surface area contributed by atoms with Gasteiger partial charge in [0.25, 0.3) is 5.56 Å². The maximum atomic E-state index is 13.1. The van der Waals surface area contributed by atoms with Gasteiger partial charge in [-0.2, -0.15) is 5.26 Å². The van der Waals surface area contributed by atoms with Crippen molar-refractivity contribution in [1.82, 2.24) is 14.9 Å². The maximum Gasteiger partial charge on any atom is 0.262 e. The Hall–Kier alpha value is -2.08. The first-order chi connectivity index (χ1) is 14.1. The number of nitrogens with zero attached hydrogens (tertiary/aromatic N) is 3. The highest BCUT2D eigenvalue weighted by Gasteiger charge is 2.32. The van der Waals surface area contributed by atoms with Crippen molar-refractivity contribution in [2.24, 2.45) is 5.92 Å². The lowest BCUT2D eigenvalue weighted by Gasteiger charge is -2.28. The fourth-order valence-corrected chi connectivity index (χ4v) is 3.80. The van der Waals surface area contributed by atoms with Crippen LogP contribution in [0.3, 0.4) is 0 Å². The molecule has 0 bridgehead atoms. The molecule has 0 aliphatic heterocycles. The number of aromatic nitrogens is 2. The van der Waals surface area contributed by atoms with Crippen LogP contribution in [0.2, 0.25) is 5.02 Å². The average molecular weight is 451 g/mol. The topological polar surface area (TPSA) is 97.0 Å². The summed E-state index contributed by atoms with van der Waals surface area (Å²) in [6.07, 6.45) is 0.630. The molecule has 2 aromatic rings. The van der Waals surface area contributed by atoms with Crippen molar-refractivity contribution in [1.29, 1.82) is 5.26 Å². The van der Waals surface area contributed by atoms with Crippen LogP contribution < -0.4 is 10.9 Å². The lowest BCUT2D eigenvalue weighted by atomic mass is 9.90. The number of amides is 1. The molecule has 1 aromatic heterocycles. The van der Waals surface area contributed by atoms with E-state index < -0.39 is 10.8 Å². The van der Waals surface area contributed by atoms with Gasteiger partial charge in [0.15, 0.2) is 5.16 Å². The Morgan fingerprint density at radius 3 is 2.73 bits per heavy atom. The van der Waals surface area contributed by atoms with Gasteiger partial charge in [0.2, 0.25) is 5.91 Å². The SMILES string of the molecule is COCCCn1c(S[C@H](C)C(=O)N[C@@](C)(C#N)C(C)C)nc2cc(Cl)ccc2c1=O. The van der Waals surface area contributed by atoms with Crippen molar-refractivity contribution in [3.63, 3.8) is 0 Å². The Bertz CT molecular complexity index is 1020. The van der Waals surface area contributed by atoms with Crippen LogP contribution in [0.25, 0.3) is 10.9 Å². The van der Waals surface area contributed by atoms with E-state index in [0.29, 0.717) is 40.7 Å². The first-order valence-electron chi connectivity index (χ1n) is 9.72. The molecule has 2 rings (SSSR count). The van der Waals surface area contributed by atoms with Crippen molar-refractivity contribution in [3.8, 4) is 6.07 Å². The van der Waals surface area contributed by atoms with Crippen molar-refractivity contribution in [3.05, 3.63) is 33.6 Å². The van der Waals surface area contributed by atoms with Crippen LogP contribution in [0.1, 0.15) is 34.1 Å². The highest BCUT2D eigenvalue weighted by Crippen LogP contribution is 2.25. The van der Waals surface area contributed by atoms with Crippen molar-refractivity contribution in [2.75, 3.05) is 13.7 Å². The van der Waals surface area contributed by atoms with E-state index in [4.69, 9.17) is 16.3 Å². The largest absolute Gasteiger partial charge is 0.385 e. The normalized spacial score (nSPS) is 14.3. The highest BCUT2D eigenvalue weighted by molar-refractivity contribution is 8.00. The summed E-state index contributed by atoms with van der Waals surface area (Å²) in [5.74, 6) is -0.349. The quantitative estimate of drug-likeness (QED) is 0.356. The number of hydrogen-bond acceptors (Lipinski definition) is 6. The summed E-state index contributed by atoms with van der Waals surface area (Å²) in [6, 6.07) is 7.12. The number of carbonyl (C=O) groups is 1. The van der Waals surface area contributed by atoms with Crippen molar-refractivity contribution < 1.29 is 9.53 Å². The molecular weight excluding hydrogens is 424 g/mol. The van der Waals surface area contributed by atoms with E-state index >= 15 is 0 Å². The van der Waals surface area contributed by atoms with Gasteiger partial charge in [-0.1, -0.05) is 37.2 Å². The summed E-state index contributed by atoms with van der Waals surface area (Å²) in [5.41, 5.74) is -0.685. The molecule has 0 aliphatic rings. The van der Waals surface area contributed by atoms with E-state index in [-0.39, 0.29) is 17.4 Å². The number of benzene rings is 1. The number of fused-ring (bicyclic) bond motifs is 1. The Balaban J connectivity index is 2.38. The van der Waals surface area contributed by atoms with E-state index in [1.54, 1.807) is 43.7 Å². The highest BCUT2D eigenvalue weighted by atomic mass is 35.5. The third-order valence-corrected chi connectivity index (χ3v) is 6.36. The van der Waals surface area contributed by atoms with Crippen LogP contribution in [0.15, 0.2) is 28.2 Å². The number of ether oxygens (including phenoxy) is 1. The van der Waals surface area contributed by atoms with E-state index in [0.717, 1.165) is 0 Å². The first-order valence-corrected chi connectivity index (χ1v) is 11.0. The van der Waals surface area contributed by atoms with Crippen LogP contribution in [-0.4, -0.2) is 40.0 Å². The van der Waals surface area contributed by atoms with Crippen LogP contribution in [0.4, 0.5) is 0 Å². The van der Waals surface area contributed by atoms with Gasteiger partial charge in [-0.15, -0.1) is 0 Å². The van der Waals surface area contributed by atoms with Gasteiger partial charge < -0.3 is 10.1 Å². The predicted molar refractivity (Wildman–Crippen MR) is 120 cm³/mol. The standard InChI is InChI=1S/C21H27ClN4O3S/c1-13(2)21(4,12-23)25-18(27)14(3)30-20-24-17-11-15(22)7-8-16(17)19(28)26(20)9-6-10-29-5/h7-8,11,13-14H,6,9-10H2,1-5H3,(H,25,27)/t14-,21+/m1/s1. The second kappa shape index (κ2) is 10.3. The molecule has 162 valence electrons. The fraction of sp³-hybridized carbons (Fsp3) is 0.524. The zero-order chi connectivity index (χ0) is 22.5. The Morgan fingerprint density at radius 1 is 1.43 bits per heavy atom. The van der Waals surface area contributed by atoms with E-state index in [1.807, 2.05) is 13.8 Å². The number of rotatable bonds is 9. The molecule has 1 heterocycles. The van der Waals surface area contributed by atoms with E-state index in [1.165, 1.54) is 11.8 Å². The molecule has 0 radical (unpaired) electrons. The third-order valence-electron chi connectivity index (χ3n) is 5.03. The number of hydrogen-bond donors (Lipinski definition) is 1. The van der Waals surface area contributed by atoms with Gasteiger partial charge >= 0.3 is 0 Å². The van der Waals surface area contributed by atoms with E-state index in [2.05, 4.69) is 16.4 Å². The van der Waals surface area contributed by atoms with Gasteiger partial charge in [0, 0.05) is 25.3 Å². The minimum atomic E-state index is -0.978. The number of nitriles is 1. The summed E-state index contributed by atoms with van der Waals surface area (Å²) in [5, 5.41) is 13.1. The fourth-order valence-electron chi connectivity index (χ4n) is 2.70. The average Bonchev–Trinajstić information content (AvgIpc) is 2.69. The minimum absolute atomic E-state index is 0.0585. The number of methoxy groups -OCH3 is 1. The first kappa shape index (κ1) is 24.2. The molecule has 0 saturated carbocycles. The molecule has 0 fully saturated rings. The Kier molecular flexibility index (Phi) is 8.30. The van der Waals surface area contributed by atoms with Crippen LogP contribution in [-0.2, 0) is 16.1 Å². The van der Waals surface area contributed by atoms with Gasteiger partial charge in [-0.25, -0.2) is 4.98 Å². The molecule has 0 unspecified atom stereocenters. The lowest BCUT2D eigenvalue weighted by molar-refractivity contribution is -0.121. The van der Waals surface area contributed by atoms with Gasteiger partial charge in [0.05, 0.1) is 22.2 Å². The lowest BCUT2D eigenvalue weighted by Crippen LogP contribution is -2.51. The Morgan fingerprint density at radius 2 is 2.13 bits per heavy atom. The summed E-state index contributed by atoms with van der Waals surface area (Å²) in [6.45, 7) is 8.10. The summed E-state index contributed by atoms with van der Waals surface area (Å²) < 4.78 is 6.67. The monoisotopic (exact) mass is 450 g/mol. The van der Waals surface area contributed by atoms with E-state index in [9.17, 15) is 14.9 Å². The number of halogens is 1. The second-order valence-corrected chi connectivity index (χ2v) is 9.32. The van der Waals surface area contributed by atoms with Gasteiger partial charge in [-0.3, -0.25) is 14.2 Å². The molecule has 0 aliphatic carbocycles. The second-order valence-electron chi connectivity index (χ2n) is 7.58. The molecule has 9 heteroatoms. The zero-order valence-electron chi connectivity index (χ0n) is 17.9. The predicted octanol–water partition coefficient (Wildman–Crippen LogP) is 3.62. The minimum Gasteiger partial charge on any atom is -0.385 e. The molecule has 1 aromatic carbocycles. The van der Waals surface area contributed by atoms with Crippen LogP contribution in [0.5, 0.6) is 0 Å².